The van der Waals surface area contributed by atoms with Gasteiger partial charge in [0.25, 0.3) is 0 Å². The van der Waals surface area contributed by atoms with Crippen molar-refractivity contribution in [1.82, 2.24) is 0 Å². The molecule has 4 nitrogen and oxygen atoms in total. The van der Waals surface area contributed by atoms with Gasteiger partial charge in [-0.1, -0.05) is 30.3 Å². The van der Waals surface area contributed by atoms with Crippen molar-refractivity contribution >= 4 is 11.5 Å². The van der Waals surface area contributed by atoms with E-state index in [4.69, 9.17) is 10.3 Å². The molecule has 0 aliphatic rings. The number of hydrogen-bond donors (Lipinski definition) is 0. The summed E-state index contributed by atoms with van der Waals surface area (Å²) in [5.41, 5.74) is 10.8. The molecule has 0 N–H and O–H groups in total. The number of benzene rings is 2. The van der Waals surface area contributed by atoms with E-state index in [0.717, 1.165) is 5.56 Å². The maximum atomic E-state index is 12.2. The Kier molecular flexibility index (Phi) is 5.02. The van der Waals surface area contributed by atoms with Gasteiger partial charge in [-0.25, -0.2) is 0 Å². The molecule has 0 aliphatic heterocycles. The van der Waals surface area contributed by atoms with Crippen LogP contribution in [0.3, 0.4) is 0 Å². The molecule has 0 amide bonds. The standard InChI is InChI=1S/C17H16N2O2/c1-21-15-10-8-14(9-11-15)17(19-18)16(20)12-7-13-5-3-2-4-6-13/h2-6,8-11H,7,12H2,1H3. The van der Waals surface area contributed by atoms with Crippen LogP contribution in [0.1, 0.15) is 17.5 Å². The second kappa shape index (κ2) is 7.17. The molecule has 0 unspecified atom stereocenters. The van der Waals surface area contributed by atoms with Gasteiger partial charge in [0, 0.05) is 6.42 Å². The third-order valence-electron chi connectivity index (χ3n) is 3.21. The Balaban J connectivity index is 2.06. The third kappa shape index (κ3) is 3.88. The second-order valence-corrected chi connectivity index (χ2v) is 4.59. The Morgan fingerprint density at radius 2 is 1.76 bits per heavy atom. The number of aryl methyl sites for hydroxylation is 1. The van der Waals surface area contributed by atoms with Gasteiger partial charge in [0.15, 0.2) is 0 Å². The summed E-state index contributed by atoms with van der Waals surface area (Å²) in [6.07, 6.45) is 0.921. The molecule has 2 aromatic carbocycles. The molecule has 0 heterocycles. The Labute approximate surface area is 123 Å². The molecule has 0 saturated carbocycles. The van der Waals surface area contributed by atoms with Crippen molar-refractivity contribution < 1.29 is 14.3 Å². The average Bonchev–Trinajstić information content (AvgIpc) is 2.55. The van der Waals surface area contributed by atoms with Crippen molar-refractivity contribution in [1.29, 1.82) is 0 Å². The number of hydrogen-bond acceptors (Lipinski definition) is 2. The first-order chi connectivity index (χ1) is 10.2. The minimum absolute atomic E-state index is 0.0774. The zero-order valence-corrected chi connectivity index (χ0v) is 11.8. The van der Waals surface area contributed by atoms with E-state index in [9.17, 15) is 4.79 Å². The fourth-order valence-corrected chi connectivity index (χ4v) is 2.04. The number of methoxy groups -OCH3 is 1. The first kappa shape index (κ1) is 14.7. The third-order valence-corrected chi connectivity index (χ3v) is 3.21. The molecular formula is C17H16N2O2. The van der Waals surface area contributed by atoms with E-state index in [2.05, 4.69) is 4.79 Å². The average molecular weight is 280 g/mol. The maximum absolute atomic E-state index is 12.2. The van der Waals surface area contributed by atoms with Crippen molar-refractivity contribution in [3.63, 3.8) is 0 Å². The van der Waals surface area contributed by atoms with E-state index in [-0.39, 0.29) is 11.5 Å². The molecular weight excluding hydrogens is 264 g/mol. The van der Waals surface area contributed by atoms with E-state index in [1.165, 1.54) is 0 Å². The highest BCUT2D eigenvalue weighted by Crippen LogP contribution is 2.13. The fraction of sp³-hybridized carbons (Fsp3) is 0.176. The fourth-order valence-electron chi connectivity index (χ4n) is 2.04. The van der Waals surface area contributed by atoms with Crippen LogP contribution in [0.4, 0.5) is 0 Å². The molecule has 106 valence electrons. The van der Waals surface area contributed by atoms with Crippen LogP contribution in [0.25, 0.3) is 5.53 Å². The van der Waals surface area contributed by atoms with E-state index < -0.39 is 0 Å². The van der Waals surface area contributed by atoms with Crippen LogP contribution >= 0.6 is 0 Å². The minimum Gasteiger partial charge on any atom is -0.497 e. The molecule has 4 heteroatoms. The summed E-state index contributed by atoms with van der Waals surface area (Å²) in [5.74, 6) is 0.499. The smallest absolute Gasteiger partial charge is 0.364 e. The lowest BCUT2D eigenvalue weighted by molar-refractivity contribution is -0.117. The summed E-state index contributed by atoms with van der Waals surface area (Å²) in [4.78, 5) is 15.3. The SMILES string of the molecule is COc1ccc(C(=[N+]=[N-])C(=O)CCc2ccccc2)cc1. The van der Waals surface area contributed by atoms with Crippen molar-refractivity contribution in [3.05, 3.63) is 71.3 Å². The van der Waals surface area contributed by atoms with Gasteiger partial charge >= 0.3 is 5.71 Å². The highest BCUT2D eigenvalue weighted by atomic mass is 16.5. The number of carbonyl (C=O) groups excluding carboxylic acids is 1. The largest absolute Gasteiger partial charge is 0.497 e. The summed E-state index contributed by atoms with van der Waals surface area (Å²) in [6, 6.07) is 16.6. The van der Waals surface area contributed by atoms with Gasteiger partial charge in [-0.05, 0) is 36.2 Å². The molecule has 0 aliphatic carbocycles. The van der Waals surface area contributed by atoms with E-state index in [1.54, 1.807) is 31.4 Å². The Morgan fingerprint density at radius 1 is 1.10 bits per heavy atom. The van der Waals surface area contributed by atoms with Gasteiger partial charge < -0.3 is 10.3 Å². The molecule has 0 fully saturated rings. The van der Waals surface area contributed by atoms with Crippen molar-refractivity contribution in [3.8, 4) is 5.75 Å². The normalized spacial score (nSPS) is 9.76. The molecule has 0 bridgehead atoms. The van der Waals surface area contributed by atoms with Crippen molar-refractivity contribution in [2.45, 2.75) is 12.8 Å². The zero-order chi connectivity index (χ0) is 15.1. The Bertz CT molecular complexity index is 657. The number of rotatable bonds is 6. The number of ether oxygens (including phenoxy) is 1. The lowest BCUT2D eigenvalue weighted by Crippen LogP contribution is -2.17. The van der Waals surface area contributed by atoms with Gasteiger partial charge in [0.05, 0.1) is 12.7 Å². The lowest BCUT2D eigenvalue weighted by atomic mass is 10.0. The highest BCUT2D eigenvalue weighted by Gasteiger charge is 2.22. The zero-order valence-electron chi connectivity index (χ0n) is 11.8. The van der Waals surface area contributed by atoms with Crippen LogP contribution in [-0.2, 0) is 11.2 Å². The van der Waals surface area contributed by atoms with Gasteiger partial charge in [0.1, 0.15) is 5.75 Å². The monoisotopic (exact) mass is 280 g/mol. The number of ketones is 1. The van der Waals surface area contributed by atoms with Gasteiger partial charge in [-0.3, -0.25) is 4.79 Å². The molecule has 0 aromatic heterocycles. The van der Waals surface area contributed by atoms with Crippen LogP contribution in [-0.4, -0.2) is 23.4 Å². The molecule has 0 atom stereocenters. The van der Waals surface area contributed by atoms with Crippen molar-refractivity contribution in [2.24, 2.45) is 0 Å². The van der Waals surface area contributed by atoms with Crippen molar-refractivity contribution in [2.75, 3.05) is 7.11 Å². The summed E-state index contributed by atoms with van der Waals surface area (Å²) < 4.78 is 5.06. The predicted molar refractivity (Wildman–Crippen MR) is 80.5 cm³/mol. The van der Waals surface area contributed by atoms with Gasteiger partial charge in [0.2, 0.25) is 5.78 Å². The van der Waals surface area contributed by atoms with Crippen LogP contribution in [0.2, 0.25) is 0 Å². The molecule has 2 rings (SSSR count). The molecule has 0 radical (unpaired) electrons. The summed E-state index contributed by atoms with van der Waals surface area (Å²) in [5, 5.41) is 0. The second-order valence-electron chi connectivity index (χ2n) is 4.59. The maximum Gasteiger partial charge on any atom is 0.364 e. The number of Topliss-reactive ketones (excluding diaryl/α,β-unsaturated/α-hetero) is 1. The first-order valence-electron chi connectivity index (χ1n) is 6.68. The minimum atomic E-state index is -0.188. The number of carbonyl (C=O) groups is 1. The molecule has 0 spiro atoms. The predicted octanol–water partition coefficient (Wildman–Crippen LogP) is 2.92. The van der Waals surface area contributed by atoms with E-state index in [1.807, 2.05) is 30.3 Å². The van der Waals surface area contributed by atoms with E-state index in [0.29, 0.717) is 24.2 Å². The van der Waals surface area contributed by atoms with Crippen LogP contribution in [0.15, 0.2) is 54.6 Å². The highest BCUT2D eigenvalue weighted by molar-refractivity contribution is 6.43. The summed E-state index contributed by atoms with van der Waals surface area (Å²) in [6.45, 7) is 0. The van der Waals surface area contributed by atoms with Gasteiger partial charge in [-0.2, -0.15) is 4.79 Å². The summed E-state index contributed by atoms with van der Waals surface area (Å²) in [7, 11) is 1.57. The van der Waals surface area contributed by atoms with Crippen LogP contribution in [0.5, 0.6) is 5.75 Å². The van der Waals surface area contributed by atoms with Crippen LogP contribution < -0.4 is 4.74 Å². The molecule has 21 heavy (non-hydrogen) atoms. The van der Waals surface area contributed by atoms with Gasteiger partial charge in [-0.15, -0.1) is 0 Å². The Morgan fingerprint density at radius 3 is 2.33 bits per heavy atom. The first-order valence-corrected chi connectivity index (χ1v) is 6.68. The number of nitrogens with zero attached hydrogens (tertiary/aromatic N) is 2. The molecule has 0 saturated heterocycles. The van der Waals surface area contributed by atoms with Crippen LogP contribution in [0, 0.1) is 0 Å². The lowest BCUT2D eigenvalue weighted by Gasteiger charge is -2.01. The molecule has 2 aromatic rings. The van der Waals surface area contributed by atoms with E-state index >= 15 is 0 Å². The summed E-state index contributed by atoms with van der Waals surface area (Å²) >= 11 is 0. The topological polar surface area (TPSA) is 62.7 Å². The Hall–Kier alpha value is -2.71. The quantitative estimate of drug-likeness (QED) is 0.464.